The summed E-state index contributed by atoms with van der Waals surface area (Å²) in [5.41, 5.74) is 6.86. The zero-order valence-electron chi connectivity index (χ0n) is 22.7. The van der Waals surface area contributed by atoms with Gasteiger partial charge in [-0.25, -0.2) is 0 Å². The van der Waals surface area contributed by atoms with Gasteiger partial charge in [-0.15, -0.1) is 11.3 Å². The fourth-order valence-corrected chi connectivity index (χ4v) is 7.96. The first-order chi connectivity index (χ1) is 20.9. The minimum atomic E-state index is 0.920. The number of thiophene rings is 1. The zero-order chi connectivity index (χ0) is 27.6. The normalized spacial score (nSPS) is 11.8. The van der Waals surface area contributed by atoms with Gasteiger partial charge in [-0.05, 0) is 56.4 Å². The summed E-state index contributed by atoms with van der Waals surface area (Å²) in [4.78, 5) is 0. The van der Waals surface area contributed by atoms with Gasteiger partial charge >= 0.3 is 0 Å². The molecular formula is C40H24OS. The molecule has 0 saturated carbocycles. The molecule has 0 atom stereocenters. The van der Waals surface area contributed by atoms with Gasteiger partial charge in [-0.1, -0.05) is 127 Å². The van der Waals surface area contributed by atoms with Crippen molar-refractivity contribution in [2.75, 3.05) is 0 Å². The molecule has 0 amide bonds. The van der Waals surface area contributed by atoms with Gasteiger partial charge in [0.2, 0.25) is 0 Å². The smallest absolute Gasteiger partial charge is 0.144 e. The van der Waals surface area contributed by atoms with Gasteiger partial charge in [0.15, 0.2) is 0 Å². The Labute approximate surface area is 246 Å². The van der Waals surface area contributed by atoms with Crippen LogP contribution in [0.5, 0.6) is 0 Å². The lowest BCUT2D eigenvalue weighted by atomic mass is 9.86. The highest BCUT2D eigenvalue weighted by Gasteiger charge is 2.25. The second-order valence-electron chi connectivity index (χ2n) is 10.8. The second-order valence-corrected chi connectivity index (χ2v) is 11.8. The SMILES string of the molecule is c1ccc(-c2c3ccccc3c(-c3oc4ccc5c6ccccc6sc5c4c3-c3ccccc3)c3ccccc23)cc1. The fourth-order valence-electron chi connectivity index (χ4n) is 6.71. The quantitative estimate of drug-likeness (QED) is 0.199. The van der Waals surface area contributed by atoms with E-state index in [0.717, 1.165) is 28.0 Å². The van der Waals surface area contributed by atoms with Crippen molar-refractivity contribution < 1.29 is 4.42 Å². The number of rotatable bonds is 3. The first-order valence-electron chi connectivity index (χ1n) is 14.3. The lowest BCUT2D eigenvalue weighted by Crippen LogP contribution is -1.91. The molecule has 9 rings (SSSR count). The molecule has 2 heterocycles. The third-order valence-electron chi connectivity index (χ3n) is 8.48. The lowest BCUT2D eigenvalue weighted by molar-refractivity contribution is 0.634. The molecule has 0 spiro atoms. The molecule has 0 radical (unpaired) electrons. The Kier molecular flexibility index (Phi) is 5.13. The van der Waals surface area contributed by atoms with Crippen LogP contribution in [0.1, 0.15) is 0 Å². The zero-order valence-corrected chi connectivity index (χ0v) is 23.5. The van der Waals surface area contributed by atoms with Crippen LogP contribution in [0, 0.1) is 0 Å². The average molecular weight is 553 g/mol. The average Bonchev–Trinajstić information content (AvgIpc) is 3.63. The number of benzene rings is 7. The summed E-state index contributed by atoms with van der Waals surface area (Å²) < 4.78 is 9.58. The third-order valence-corrected chi connectivity index (χ3v) is 9.69. The Morgan fingerprint density at radius 1 is 0.381 bits per heavy atom. The molecular weight excluding hydrogens is 529 g/mol. The van der Waals surface area contributed by atoms with E-state index in [0.29, 0.717) is 0 Å². The minimum absolute atomic E-state index is 0.920. The van der Waals surface area contributed by atoms with Crippen molar-refractivity contribution in [2.45, 2.75) is 0 Å². The van der Waals surface area contributed by atoms with E-state index in [1.54, 1.807) is 0 Å². The molecule has 0 bridgehead atoms. The molecule has 9 aromatic rings. The first-order valence-corrected chi connectivity index (χ1v) is 15.1. The molecule has 0 aliphatic heterocycles. The van der Waals surface area contributed by atoms with Crippen LogP contribution in [-0.2, 0) is 0 Å². The van der Waals surface area contributed by atoms with Gasteiger partial charge in [-0.2, -0.15) is 0 Å². The maximum atomic E-state index is 7.01. The van der Waals surface area contributed by atoms with E-state index in [1.807, 2.05) is 11.3 Å². The van der Waals surface area contributed by atoms with Crippen molar-refractivity contribution in [3.63, 3.8) is 0 Å². The van der Waals surface area contributed by atoms with Crippen LogP contribution in [-0.4, -0.2) is 0 Å². The summed E-state index contributed by atoms with van der Waals surface area (Å²) in [6.07, 6.45) is 0. The Bertz CT molecular complexity index is 2390. The van der Waals surface area contributed by atoms with E-state index in [1.165, 1.54) is 58.2 Å². The van der Waals surface area contributed by atoms with Gasteiger partial charge in [0.1, 0.15) is 11.3 Å². The molecule has 0 aliphatic rings. The molecule has 0 N–H and O–H groups in total. The number of hydrogen-bond acceptors (Lipinski definition) is 2. The molecule has 0 fully saturated rings. The minimum Gasteiger partial charge on any atom is -0.455 e. The monoisotopic (exact) mass is 552 g/mol. The predicted octanol–water partition coefficient (Wildman–Crippen LogP) is 12.1. The predicted molar refractivity (Wildman–Crippen MR) is 180 cm³/mol. The van der Waals surface area contributed by atoms with Crippen molar-refractivity contribution in [1.82, 2.24) is 0 Å². The third kappa shape index (κ3) is 3.36. The highest BCUT2D eigenvalue weighted by Crippen LogP contribution is 2.51. The Balaban J connectivity index is 1.49. The van der Waals surface area contributed by atoms with Crippen molar-refractivity contribution in [3.05, 3.63) is 146 Å². The lowest BCUT2D eigenvalue weighted by Gasteiger charge is -2.17. The van der Waals surface area contributed by atoms with Crippen LogP contribution < -0.4 is 0 Å². The number of furan rings is 1. The van der Waals surface area contributed by atoms with E-state index in [9.17, 15) is 0 Å². The number of fused-ring (bicyclic) bond motifs is 7. The van der Waals surface area contributed by atoms with Crippen LogP contribution in [0.3, 0.4) is 0 Å². The van der Waals surface area contributed by atoms with Crippen molar-refractivity contribution in [3.8, 4) is 33.6 Å². The van der Waals surface area contributed by atoms with E-state index in [-0.39, 0.29) is 0 Å². The van der Waals surface area contributed by atoms with Gasteiger partial charge in [-0.3, -0.25) is 0 Å². The molecule has 42 heavy (non-hydrogen) atoms. The summed E-state index contributed by atoms with van der Waals surface area (Å²) in [7, 11) is 0. The van der Waals surface area contributed by atoms with Crippen LogP contribution in [0.15, 0.2) is 150 Å². The second kappa shape index (κ2) is 9.17. The topological polar surface area (TPSA) is 13.1 Å². The summed E-state index contributed by atoms with van der Waals surface area (Å²) in [5, 5.41) is 8.60. The maximum Gasteiger partial charge on any atom is 0.144 e. The Morgan fingerprint density at radius 2 is 0.881 bits per heavy atom. The standard InChI is InChI=1S/C40H24OS/c1-3-13-25(14-4-1)35-28-18-7-9-20-30(28)37(31-21-10-8-19-29(31)35)39-36(26-15-5-2-6-16-26)38-33(41-39)24-23-32-27-17-11-12-22-34(27)42-40(32)38/h1-24H. The van der Waals surface area contributed by atoms with E-state index in [4.69, 9.17) is 4.42 Å². The molecule has 1 nitrogen and oxygen atoms in total. The summed E-state index contributed by atoms with van der Waals surface area (Å²) >= 11 is 1.86. The van der Waals surface area contributed by atoms with Crippen LogP contribution >= 0.6 is 11.3 Å². The van der Waals surface area contributed by atoms with E-state index >= 15 is 0 Å². The fraction of sp³-hybridized carbons (Fsp3) is 0. The molecule has 0 saturated heterocycles. The Hall–Kier alpha value is -5.18. The molecule has 0 unspecified atom stereocenters. The van der Waals surface area contributed by atoms with Crippen LogP contribution in [0.4, 0.5) is 0 Å². The van der Waals surface area contributed by atoms with Crippen molar-refractivity contribution >= 4 is 64.0 Å². The molecule has 2 aromatic heterocycles. The summed E-state index contributed by atoms with van der Waals surface area (Å²) in [5.74, 6) is 0.924. The van der Waals surface area contributed by atoms with Crippen LogP contribution in [0.2, 0.25) is 0 Å². The molecule has 2 heteroatoms. The van der Waals surface area contributed by atoms with Crippen molar-refractivity contribution in [2.24, 2.45) is 0 Å². The number of hydrogen-bond donors (Lipinski definition) is 0. The van der Waals surface area contributed by atoms with Crippen LogP contribution in [0.25, 0.3) is 86.3 Å². The Morgan fingerprint density at radius 3 is 1.50 bits per heavy atom. The maximum absolute atomic E-state index is 7.01. The molecule has 0 aliphatic carbocycles. The molecule has 7 aromatic carbocycles. The summed E-state index contributed by atoms with van der Waals surface area (Å²) in [6, 6.07) is 52.2. The van der Waals surface area contributed by atoms with Gasteiger partial charge in [0, 0.05) is 36.7 Å². The highest BCUT2D eigenvalue weighted by molar-refractivity contribution is 7.26. The first kappa shape index (κ1) is 23.5. The van der Waals surface area contributed by atoms with E-state index < -0.39 is 0 Å². The highest BCUT2D eigenvalue weighted by atomic mass is 32.1. The van der Waals surface area contributed by atoms with E-state index in [2.05, 4.69) is 146 Å². The van der Waals surface area contributed by atoms with Crippen molar-refractivity contribution in [1.29, 1.82) is 0 Å². The van der Waals surface area contributed by atoms with Gasteiger partial charge < -0.3 is 4.42 Å². The summed E-state index contributed by atoms with van der Waals surface area (Å²) in [6.45, 7) is 0. The molecule has 196 valence electrons. The largest absolute Gasteiger partial charge is 0.455 e. The van der Waals surface area contributed by atoms with Gasteiger partial charge in [0.25, 0.3) is 0 Å². The van der Waals surface area contributed by atoms with Gasteiger partial charge in [0.05, 0.1) is 0 Å².